The average molecular weight is 340 g/mol. The van der Waals surface area contributed by atoms with E-state index in [1.54, 1.807) is 11.3 Å². The lowest BCUT2D eigenvalue weighted by atomic mass is 10.2. The number of halogens is 1. The number of nitrogens with zero attached hydrogens (tertiary/aromatic N) is 1. The fraction of sp³-hybridized carbons (Fsp3) is 0.357. The summed E-state index contributed by atoms with van der Waals surface area (Å²) in [5.41, 5.74) is 7.76. The first-order valence-electron chi connectivity index (χ1n) is 6.32. The first-order valence-corrected chi connectivity index (χ1v) is 7.93. The van der Waals surface area contributed by atoms with E-state index in [2.05, 4.69) is 40.1 Å². The van der Waals surface area contributed by atoms with Gasteiger partial charge in [0.05, 0.1) is 6.04 Å². The van der Waals surface area contributed by atoms with Crippen LogP contribution in [0.2, 0.25) is 0 Å². The average Bonchev–Trinajstić information content (AvgIpc) is 2.88. The second kappa shape index (κ2) is 6.50. The smallest absolute Gasteiger partial charge is 0.109 e. The Hall–Kier alpha value is -0.910. The Labute approximate surface area is 126 Å². The number of rotatable bonds is 5. The van der Waals surface area contributed by atoms with Gasteiger partial charge in [0, 0.05) is 27.8 Å². The van der Waals surface area contributed by atoms with Crippen LogP contribution in [0, 0.1) is 0 Å². The van der Waals surface area contributed by atoms with E-state index in [0.717, 1.165) is 28.1 Å². The van der Waals surface area contributed by atoms with E-state index in [-0.39, 0.29) is 6.04 Å². The fourth-order valence-corrected chi connectivity index (χ4v) is 3.04. The minimum absolute atomic E-state index is 0.249. The van der Waals surface area contributed by atoms with E-state index in [1.807, 2.05) is 24.4 Å². The van der Waals surface area contributed by atoms with Gasteiger partial charge in [-0.3, -0.25) is 0 Å². The van der Waals surface area contributed by atoms with Gasteiger partial charge in [-0.1, -0.05) is 22.9 Å². The van der Waals surface area contributed by atoms with Crippen molar-refractivity contribution in [2.45, 2.75) is 32.9 Å². The lowest BCUT2D eigenvalue weighted by Gasteiger charge is -2.12. The molecule has 1 unspecified atom stereocenters. The number of anilines is 1. The summed E-state index contributed by atoms with van der Waals surface area (Å²) in [5.74, 6) is 0. The van der Waals surface area contributed by atoms with Crippen LogP contribution in [-0.4, -0.2) is 4.98 Å². The van der Waals surface area contributed by atoms with Crippen molar-refractivity contribution in [2.75, 3.05) is 5.73 Å². The molecule has 0 aliphatic heterocycles. The minimum atomic E-state index is 0.249. The zero-order valence-corrected chi connectivity index (χ0v) is 13.5. The number of aryl methyl sites for hydroxylation is 1. The van der Waals surface area contributed by atoms with Crippen LogP contribution < -0.4 is 11.1 Å². The highest BCUT2D eigenvalue weighted by molar-refractivity contribution is 9.10. The van der Waals surface area contributed by atoms with Crippen LogP contribution in [0.25, 0.3) is 0 Å². The van der Waals surface area contributed by atoms with Gasteiger partial charge < -0.3 is 11.1 Å². The van der Waals surface area contributed by atoms with Crippen LogP contribution in [-0.2, 0) is 13.0 Å². The summed E-state index contributed by atoms with van der Waals surface area (Å²) in [7, 11) is 0. The third kappa shape index (κ3) is 3.78. The van der Waals surface area contributed by atoms with E-state index in [4.69, 9.17) is 5.73 Å². The Bertz CT molecular complexity index is 553. The summed E-state index contributed by atoms with van der Waals surface area (Å²) in [6.45, 7) is 5.06. The van der Waals surface area contributed by atoms with E-state index in [0.29, 0.717) is 0 Å². The lowest BCUT2D eigenvalue weighted by Crippen LogP contribution is -2.18. The normalized spacial score (nSPS) is 12.6. The van der Waals surface area contributed by atoms with Crippen molar-refractivity contribution < 1.29 is 0 Å². The molecule has 19 heavy (non-hydrogen) atoms. The summed E-state index contributed by atoms with van der Waals surface area (Å²) in [4.78, 5) is 5.79. The molecule has 0 fully saturated rings. The molecule has 5 heteroatoms. The molecule has 3 N–H and O–H groups in total. The Morgan fingerprint density at radius 2 is 2.26 bits per heavy atom. The summed E-state index contributed by atoms with van der Waals surface area (Å²) >= 11 is 5.32. The molecular formula is C14H18BrN3S. The van der Waals surface area contributed by atoms with Gasteiger partial charge in [-0.2, -0.15) is 0 Å². The second-order valence-corrected chi connectivity index (χ2v) is 6.47. The molecule has 1 aromatic heterocycles. The quantitative estimate of drug-likeness (QED) is 0.812. The van der Waals surface area contributed by atoms with Crippen molar-refractivity contribution in [1.29, 1.82) is 0 Å². The topological polar surface area (TPSA) is 50.9 Å². The molecule has 0 radical (unpaired) electrons. The molecule has 1 heterocycles. The molecule has 0 spiro atoms. The Kier molecular flexibility index (Phi) is 4.96. The molecule has 1 atom stereocenters. The molecule has 3 nitrogen and oxygen atoms in total. The van der Waals surface area contributed by atoms with Crippen molar-refractivity contribution >= 4 is 33.0 Å². The third-order valence-electron chi connectivity index (χ3n) is 2.96. The first kappa shape index (κ1) is 14.5. The maximum Gasteiger partial charge on any atom is 0.109 e. The number of aromatic nitrogens is 1. The number of thiazole rings is 1. The minimum Gasteiger partial charge on any atom is -0.399 e. The highest BCUT2D eigenvalue weighted by Crippen LogP contribution is 2.23. The van der Waals surface area contributed by atoms with Gasteiger partial charge in [0.15, 0.2) is 0 Å². The van der Waals surface area contributed by atoms with Crippen LogP contribution in [0.15, 0.2) is 28.9 Å². The molecule has 0 bridgehead atoms. The standard InChI is InChI=1S/C14H18BrN3S/c1-3-12-8-18-14(19-12)9(2)17-7-10-6-11(16)4-5-13(10)15/h4-6,8-9,17H,3,7,16H2,1-2H3. The molecule has 0 aliphatic carbocycles. The maximum absolute atomic E-state index is 5.81. The Morgan fingerprint density at radius 3 is 2.95 bits per heavy atom. The van der Waals surface area contributed by atoms with Crippen LogP contribution in [0.4, 0.5) is 5.69 Å². The van der Waals surface area contributed by atoms with Crippen LogP contribution in [0.1, 0.15) is 35.3 Å². The van der Waals surface area contributed by atoms with Gasteiger partial charge in [-0.05, 0) is 37.1 Å². The maximum atomic E-state index is 5.81. The van der Waals surface area contributed by atoms with Gasteiger partial charge in [-0.15, -0.1) is 11.3 Å². The van der Waals surface area contributed by atoms with Gasteiger partial charge in [-0.25, -0.2) is 4.98 Å². The van der Waals surface area contributed by atoms with E-state index in [1.165, 1.54) is 10.4 Å². The monoisotopic (exact) mass is 339 g/mol. The number of nitrogen functional groups attached to an aromatic ring is 1. The van der Waals surface area contributed by atoms with Crippen LogP contribution in [0.3, 0.4) is 0 Å². The number of nitrogens with two attached hydrogens (primary N) is 1. The van der Waals surface area contributed by atoms with Crippen LogP contribution >= 0.6 is 27.3 Å². The number of nitrogens with one attached hydrogen (secondary N) is 1. The fourth-order valence-electron chi connectivity index (χ4n) is 1.77. The molecule has 2 aromatic rings. The molecule has 0 saturated carbocycles. The summed E-state index contributed by atoms with van der Waals surface area (Å²) < 4.78 is 1.08. The second-order valence-electron chi connectivity index (χ2n) is 4.47. The molecular weight excluding hydrogens is 322 g/mol. The summed E-state index contributed by atoms with van der Waals surface area (Å²) in [6.07, 6.45) is 3.01. The largest absolute Gasteiger partial charge is 0.399 e. The molecule has 1 aromatic carbocycles. The van der Waals surface area contributed by atoms with E-state index < -0.39 is 0 Å². The predicted octanol–water partition coefficient (Wildman–Crippen LogP) is 3.90. The number of benzene rings is 1. The lowest BCUT2D eigenvalue weighted by molar-refractivity contribution is 0.571. The van der Waals surface area contributed by atoms with Gasteiger partial charge >= 0.3 is 0 Å². The highest BCUT2D eigenvalue weighted by Gasteiger charge is 2.10. The van der Waals surface area contributed by atoms with Crippen molar-refractivity contribution in [3.8, 4) is 0 Å². The van der Waals surface area contributed by atoms with Gasteiger partial charge in [0.2, 0.25) is 0 Å². The zero-order chi connectivity index (χ0) is 13.8. The first-order chi connectivity index (χ1) is 9.10. The molecule has 0 amide bonds. The van der Waals surface area contributed by atoms with Crippen molar-refractivity contribution in [2.24, 2.45) is 0 Å². The highest BCUT2D eigenvalue weighted by atomic mass is 79.9. The van der Waals surface area contributed by atoms with E-state index in [9.17, 15) is 0 Å². The van der Waals surface area contributed by atoms with E-state index >= 15 is 0 Å². The van der Waals surface area contributed by atoms with Gasteiger partial charge in [0.1, 0.15) is 5.01 Å². The molecule has 0 saturated heterocycles. The Balaban J connectivity index is 1.99. The SMILES string of the molecule is CCc1cnc(C(C)NCc2cc(N)ccc2Br)s1. The Morgan fingerprint density at radius 1 is 1.47 bits per heavy atom. The number of hydrogen-bond acceptors (Lipinski definition) is 4. The predicted molar refractivity (Wildman–Crippen MR) is 85.3 cm³/mol. The third-order valence-corrected chi connectivity index (χ3v) is 5.06. The molecule has 2 rings (SSSR count). The van der Waals surface area contributed by atoms with Crippen molar-refractivity contribution in [3.63, 3.8) is 0 Å². The number of hydrogen-bond donors (Lipinski definition) is 2. The van der Waals surface area contributed by atoms with Crippen molar-refractivity contribution in [3.05, 3.63) is 44.3 Å². The molecule has 102 valence electrons. The van der Waals surface area contributed by atoms with Gasteiger partial charge in [0.25, 0.3) is 0 Å². The van der Waals surface area contributed by atoms with Crippen molar-refractivity contribution in [1.82, 2.24) is 10.3 Å². The zero-order valence-electron chi connectivity index (χ0n) is 11.1. The summed E-state index contributed by atoms with van der Waals surface area (Å²) in [5, 5.41) is 4.62. The molecule has 0 aliphatic rings. The van der Waals surface area contributed by atoms with Crippen LogP contribution in [0.5, 0.6) is 0 Å². The summed E-state index contributed by atoms with van der Waals surface area (Å²) in [6, 6.07) is 6.11.